The van der Waals surface area contributed by atoms with Crippen molar-refractivity contribution in [3.63, 3.8) is 0 Å². The lowest BCUT2D eigenvalue weighted by molar-refractivity contribution is 0.102. The zero-order chi connectivity index (χ0) is 14.0. The molecule has 98 valence electrons. The Balaban J connectivity index is 2.28. The van der Waals surface area contributed by atoms with Gasteiger partial charge in [0.05, 0.1) is 0 Å². The van der Waals surface area contributed by atoms with Crippen LogP contribution in [0.5, 0.6) is 0 Å². The Hall–Kier alpha value is -1.81. The summed E-state index contributed by atoms with van der Waals surface area (Å²) >= 11 is 3.43. The highest BCUT2D eigenvalue weighted by atomic mass is 79.9. The van der Waals surface area contributed by atoms with Gasteiger partial charge in [0.25, 0.3) is 5.91 Å². The van der Waals surface area contributed by atoms with E-state index in [0.29, 0.717) is 11.3 Å². The van der Waals surface area contributed by atoms with Gasteiger partial charge < -0.3 is 11.1 Å². The maximum absolute atomic E-state index is 12.3. The topological polar surface area (TPSA) is 55.1 Å². The molecular formula is C15H15BrN2O. The predicted molar refractivity (Wildman–Crippen MR) is 82.4 cm³/mol. The van der Waals surface area contributed by atoms with Crippen LogP contribution in [0.4, 0.5) is 11.4 Å². The number of anilines is 2. The third-order valence-electron chi connectivity index (χ3n) is 3.01. The van der Waals surface area contributed by atoms with E-state index < -0.39 is 0 Å². The maximum atomic E-state index is 12.3. The summed E-state index contributed by atoms with van der Waals surface area (Å²) in [4.78, 5) is 12.3. The lowest BCUT2D eigenvalue weighted by atomic mass is 10.1. The lowest BCUT2D eigenvalue weighted by Gasteiger charge is -2.11. The molecule has 0 aromatic heterocycles. The molecule has 1 amide bonds. The standard InChI is InChI=1S/C15H15BrN2O/c1-9-8-11(17)6-7-14(9)18-15(19)12-4-3-5-13(16)10(12)2/h3-8H,17H2,1-2H3,(H,18,19). The minimum Gasteiger partial charge on any atom is -0.399 e. The molecule has 4 heteroatoms. The molecule has 0 fully saturated rings. The second kappa shape index (κ2) is 5.45. The van der Waals surface area contributed by atoms with Gasteiger partial charge >= 0.3 is 0 Å². The fourth-order valence-corrected chi connectivity index (χ4v) is 2.24. The Morgan fingerprint density at radius 2 is 1.95 bits per heavy atom. The van der Waals surface area contributed by atoms with Crippen molar-refractivity contribution in [1.29, 1.82) is 0 Å². The first-order chi connectivity index (χ1) is 8.99. The number of hydrogen-bond acceptors (Lipinski definition) is 2. The summed E-state index contributed by atoms with van der Waals surface area (Å²) in [6.07, 6.45) is 0. The number of benzene rings is 2. The summed E-state index contributed by atoms with van der Waals surface area (Å²) in [7, 11) is 0. The van der Waals surface area contributed by atoms with Crippen LogP contribution in [0.15, 0.2) is 40.9 Å². The molecule has 2 rings (SSSR count). The summed E-state index contributed by atoms with van der Waals surface area (Å²) < 4.78 is 0.925. The normalized spacial score (nSPS) is 10.3. The summed E-state index contributed by atoms with van der Waals surface area (Å²) in [5, 5.41) is 2.91. The second-order valence-electron chi connectivity index (χ2n) is 4.44. The number of nitrogens with one attached hydrogen (secondary N) is 1. The maximum Gasteiger partial charge on any atom is 0.255 e. The number of aryl methyl sites for hydroxylation is 1. The third-order valence-corrected chi connectivity index (χ3v) is 3.87. The van der Waals surface area contributed by atoms with Gasteiger partial charge in [0.15, 0.2) is 0 Å². The first kappa shape index (κ1) is 13.6. The zero-order valence-electron chi connectivity index (χ0n) is 10.8. The number of amides is 1. The largest absolute Gasteiger partial charge is 0.399 e. The Labute approximate surface area is 121 Å². The summed E-state index contributed by atoms with van der Waals surface area (Å²) in [6, 6.07) is 11.0. The number of rotatable bonds is 2. The van der Waals surface area contributed by atoms with Gasteiger partial charge in [-0.3, -0.25) is 4.79 Å². The third kappa shape index (κ3) is 2.96. The van der Waals surface area contributed by atoms with Crippen LogP contribution < -0.4 is 11.1 Å². The average Bonchev–Trinajstić information content (AvgIpc) is 2.36. The molecule has 0 spiro atoms. The molecule has 0 saturated heterocycles. The van der Waals surface area contributed by atoms with Gasteiger partial charge in [0.1, 0.15) is 0 Å². The minimum absolute atomic E-state index is 0.119. The van der Waals surface area contributed by atoms with Crippen molar-refractivity contribution in [2.45, 2.75) is 13.8 Å². The fraction of sp³-hybridized carbons (Fsp3) is 0.133. The van der Waals surface area contributed by atoms with Crippen molar-refractivity contribution < 1.29 is 4.79 Å². The van der Waals surface area contributed by atoms with E-state index in [9.17, 15) is 4.79 Å². The van der Waals surface area contributed by atoms with Crippen molar-refractivity contribution in [2.75, 3.05) is 11.1 Å². The highest BCUT2D eigenvalue weighted by molar-refractivity contribution is 9.10. The van der Waals surface area contributed by atoms with E-state index in [0.717, 1.165) is 21.3 Å². The van der Waals surface area contributed by atoms with Crippen molar-refractivity contribution in [1.82, 2.24) is 0 Å². The van der Waals surface area contributed by atoms with E-state index in [-0.39, 0.29) is 5.91 Å². The number of carbonyl (C=O) groups is 1. The van der Waals surface area contributed by atoms with Crippen molar-refractivity contribution in [3.8, 4) is 0 Å². The van der Waals surface area contributed by atoms with Crippen molar-refractivity contribution >= 4 is 33.2 Å². The molecule has 0 bridgehead atoms. The molecule has 2 aromatic carbocycles. The van der Waals surface area contributed by atoms with Crippen LogP contribution in [-0.2, 0) is 0 Å². The highest BCUT2D eigenvalue weighted by Crippen LogP contribution is 2.22. The van der Waals surface area contributed by atoms with Gasteiger partial charge in [0, 0.05) is 21.4 Å². The Kier molecular flexibility index (Phi) is 3.90. The van der Waals surface area contributed by atoms with Gasteiger partial charge in [-0.05, 0) is 55.3 Å². The summed E-state index contributed by atoms with van der Waals surface area (Å²) in [5.41, 5.74) is 9.69. The van der Waals surface area contributed by atoms with Gasteiger partial charge in [-0.1, -0.05) is 22.0 Å². The molecule has 0 aliphatic heterocycles. The first-order valence-electron chi connectivity index (χ1n) is 5.91. The number of nitrogen functional groups attached to an aromatic ring is 1. The molecule has 3 nitrogen and oxygen atoms in total. The zero-order valence-corrected chi connectivity index (χ0v) is 12.4. The molecule has 0 aliphatic rings. The van der Waals surface area contributed by atoms with Gasteiger partial charge in [-0.2, -0.15) is 0 Å². The monoisotopic (exact) mass is 318 g/mol. The molecule has 0 unspecified atom stereocenters. The SMILES string of the molecule is Cc1cc(N)ccc1NC(=O)c1cccc(Br)c1C. The van der Waals surface area contributed by atoms with Crippen LogP contribution in [0, 0.1) is 13.8 Å². The Morgan fingerprint density at radius 1 is 1.21 bits per heavy atom. The summed E-state index contributed by atoms with van der Waals surface area (Å²) in [6.45, 7) is 3.83. The van der Waals surface area contributed by atoms with E-state index in [4.69, 9.17) is 5.73 Å². The van der Waals surface area contributed by atoms with Gasteiger partial charge in [0.2, 0.25) is 0 Å². The molecule has 0 atom stereocenters. The summed E-state index contributed by atoms with van der Waals surface area (Å²) in [5.74, 6) is -0.119. The molecule has 19 heavy (non-hydrogen) atoms. The minimum atomic E-state index is -0.119. The van der Waals surface area contributed by atoms with E-state index in [2.05, 4.69) is 21.2 Å². The number of hydrogen-bond donors (Lipinski definition) is 2. The fourth-order valence-electron chi connectivity index (χ4n) is 1.87. The molecule has 0 radical (unpaired) electrons. The van der Waals surface area contributed by atoms with E-state index in [1.54, 1.807) is 6.07 Å². The van der Waals surface area contributed by atoms with Crippen molar-refractivity contribution in [3.05, 3.63) is 57.6 Å². The smallest absolute Gasteiger partial charge is 0.255 e. The number of halogens is 1. The van der Waals surface area contributed by atoms with Crippen LogP contribution >= 0.6 is 15.9 Å². The number of carbonyl (C=O) groups excluding carboxylic acids is 1. The molecule has 3 N–H and O–H groups in total. The van der Waals surface area contributed by atoms with Crippen molar-refractivity contribution in [2.24, 2.45) is 0 Å². The highest BCUT2D eigenvalue weighted by Gasteiger charge is 2.11. The van der Waals surface area contributed by atoms with Crippen LogP contribution in [0.2, 0.25) is 0 Å². The van der Waals surface area contributed by atoms with Gasteiger partial charge in [-0.15, -0.1) is 0 Å². The van der Waals surface area contributed by atoms with Crippen LogP contribution in [0.25, 0.3) is 0 Å². The second-order valence-corrected chi connectivity index (χ2v) is 5.30. The van der Waals surface area contributed by atoms with Crippen LogP contribution in [0.3, 0.4) is 0 Å². The first-order valence-corrected chi connectivity index (χ1v) is 6.71. The Bertz CT molecular complexity index is 638. The van der Waals surface area contributed by atoms with Gasteiger partial charge in [-0.25, -0.2) is 0 Å². The predicted octanol–water partition coefficient (Wildman–Crippen LogP) is 3.90. The van der Waals surface area contributed by atoms with Crippen LogP contribution in [-0.4, -0.2) is 5.91 Å². The quantitative estimate of drug-likeness (QED) is 0.825. The van der Waals surface area contributed by atoms with E-state index in [1.807, 2.05) is 44.2 Å². The molecule has 0 heterocycles. The Morgan fingerprint density at radius 3 is 2.63 bits per heavy atom. The lowest BCUT2D eigenvalue weighted by Crippen LogP contribution is -2.14. The average molecular weight is 319 g/mol. The number of nitrogens with two attached hydrogens (primary N) is 1. The van der Waals surface area contributed by atoms with Crippen LogP contribution in [0.1, 0.15) is 21.5 Å². The molecule has 2 aromatic rings. The molecule has 0 saturated carbocycles. The molecule has 0 aliphatic carbocycles. The molecular weight excluding hydrogens is 304 g/mol. The van der Waals surface area contributed by atoms with E-state index in [1.165, 1.54) is 0 Å². The van der Waals surface area contributed by atoms with E-state index >= 15 is 0 Å².